The number of hydrogen-bond acceptors (Lipinski definition) is 2. The largest absolute Gasteiger partial charge is 0.481 e. The maximum atomic E-state index is 12.6. The summed E-state index contributed by atoms with van der Waals surface area (Å²) in [7, 11) is 1.50. The molecule has 0 heterocycles. The van der Waals surface area contributed by atoms with Crippen LogP contribution in [0.3, 0.4) is 0 Å². The highest BCUT2D eigenvalue weighted by Gasteiger charge is 2.30. The van der Waals surface area contributed by atoms with Crippen LogP contribution in [0.15, 0.2) is 24.3 Å². The normalized spacial score (nSPS) is 11.2. The zero-order chi connectivity index (χ0) is 16.0. The van der Waals surface area contributed by atoms with Crippen molar-refractivity contribution >= 4 is 11.9 Å². The molecule has 4 nitrogen and oxygen atoms in total. The van der Waals surface area contributed by atoms with E-state index in [1.165, 1.54) is 24.1 Å². The molecule has 7 heteroatoms. The highest BCUT2D eigenvalue weighted by Crippen LogP contribution is 2.29. The van der Waals surface area contributed by atoms with Gasteiger partial charge in [-0.15, -0.1) is 0 Å². The zero-order valence-electron chi connectivity index (χ0n) is 11.5. The minimum atomic E-state index is -4.44. The fourth-order valence-electron chi connectivity index (χ4n) is 1.76. The molecular formula is C14H16F3NO3. The van der Waals surface area contributed by atoms with E-state index in [0.29, 0.717) is 6.42 Å². The van der Waals surface area contributed by atoms with Crippen molar-refractivity contribution in [3.05, 3.63) is 35.4 Å². The molecule has 0 aromatic heterocycles. The Balaban J connectivity index is 2.60. The SMILES string of the molecule is CN(CCCC(=O)O)C(=O)Cc1cccc(C(F)(F)F)c1. The number of likely N-dealkylation sites (N-methyl/N-ethyl adjacent to an activating group) is 1. The van der Waals surface area contributed by atoms with Gasteiger partial charge in [0, 0.05) is 20.0 Å². The molecule has 116 valence electrons. The average Bonchev–Trinajstić information content (AvgIpc) is 2.37. The number of rotatable bonds is 6. The number of aliphatic carboxylic acids is 1. The number of carboxylic acids is 1. The lowest BCUT2D eigenvalue weighted by atomic mass is 10.1. The minimum Gasteiger partial charge on any atom is -0.481 e. The van der Waals surface area contributed by atoms with Gasteiger partial charge in [0.25, 0.3) is 0 Å². The van der Waals surface area contributed by atoms with Crippen LogP contribution in [0, 0.1) is 0 Å². The molecule has 0 unspecified atom stereocenters. The number of alkyl halides is 3. The molecule has 0 atom stereocenters. The van der Waals surface area contributed by atoms with E-state index in [4.69, 9.17) is 5.11 Å². The summed E-state index contributed by atoms with van der Waals surface area (Å²) in [5, 5.41) is 8.50. The van der Waals surface area contributed by atoms with Gasteiger partial charge in [-0.2, -0.15) is 13.2 Å². The summed E-state index contributed by atoms with van der Waals surface area (Å²) < 4.78 is 37.7. The number of nitrogens with zero attached hydrogens (tertiary/aromatic N) is 1. The second-order valence-corrected chi connectivity index (χ2v) is 4.69. The van der Waals surface area contributed by atoms with Crippen LogP contribution < -0.4 is 0 Å². The van der Waals surface area contributed by atoms with Crippen LogP contribution in [0.4, 0.5) is 13.2 Å². The quantitative estimate of drug-likeness (QED) is 0.878. The van der Waals surface area contributed by atoms with Crippen LogP contribution >= 0.6 is 0 Å². The third kappa shape index (κ3) is 5.85. The van der Waals surface area contributed by atoms with E-state index in [9.17, 15) is 22.8 Å². The van der Waals surface area contributed by atoms with E-state index in [-0.39, 0.29) is 30.9 Å². The smallest absolute Gasteiger partial charge is 0.416 e. The number of carbonyl (C=O) groups excluding carboxylic acids is 1. The van der Waals surface area contributed by atoms with Gasteiger partial charge in [0.1, 0.15) is 0 Å². The summed E-state index contributed by atoms with van der Waals surface area (Å²) in [4.78, 5) is 23.5. The number of carbonyl (C=O) groups is 2. The molecule has 0 bridgehead atoms. The number of hydrogen-bond donors (Lipinski definition) is 1. The lowest BCUT2D eigenvalue weighted by Crippen LogP contribution is -2.29. The first kappa shape index (κ1) is 17.0. The zero-order valence-corrected chi connectivity index (χ0v) is 11.5. The number of halogens is 3. The van der Waals surface area contributed by atoms with Gasteiger partial charge in [0.15, 0.2) is 0 Å². The van der Waals surface area contributed by atoms with Crippen molar-refractivity contribution in [3.8, 4) is 0 Å². The molecule has 0 spiro atoms. The van der Waals surface area contributed by atoms with Crippen molar-refractivity contribution in [2.45, 2.75) is 25.4 Å². The van der Waals surface area contributed by atoms with Crippen molar-refractivity contribution in [2.24, 2.45) is 0 Å². The van der Waals surface area contributed by atoms with E-state index in [1.54, 1.807) is 0 Å². The van der Waals surface area contributed by atoms with Crippen molar-refractivity contribution in [1.29, 1.82) is 0 Å². The Bertz CT molecular complexity index is 514. The second-order valence-electron chi connectivity index (χ2n) is 4.69. The third-order valence-corrected chi connectivity index (χ3v) is 2.92. The van der Waals surface area contributed by atoms with E-state index in [1.807, 2.05) is 0 Å². The standard InChI is InChI=1S/C14H16F3NO3/c1-18(7-3-6-13(20)21)12(19)9-10-4-2-5-11(8-10)14(15,16)17/h2,4-5,8H,3,6-7,9H2,1H3,(H,20,21). The van der Waals surface area contributed by atoms with E-state index in [0.717, 1.165) is 12.1 Å². The van der Waals surface area contributed by atoms with E-state index >= 15 is 0 Å². The molecule has 1 rings (SSSR count). The van der Waals surface area contributed by atoms with Gasteiger partial charge in [0.2, 0.25) is 5.91 Å². The van der Waals surface area contributed by atoms with Crippen molar-refractivity contribution in [1.82, 2.24) is 4.90 Å². The van der Waals surface area contributed by atoms with Crippen LogP contribution in [0.1, 0.15) is 24.0 Å². The first-order valence-electron chi connectivity index (χ1n) is 6.32. The summed E-state index contributed by atoms with van der Waals surface area (Å²) in [5.74, 6) is -1.30. The predicted octanol–water partition coefficient (Wildman–Crippen LogP) is 2.57. The highest BCUT2D eigenvalue weighted by molar-refractivity contribution is 5.78. The molecule has 21 heavy (non-hydrogen) atoms. The molecule has 0 radical (unpaired) electrons. The molecule has 1 aromatic carbocycles. The van der Waals surface area contributed by atoms with Crippen molar-refractivity contribution < 1.29 is 27.9 Å². The second kappa shape index (κ2) is 7.10. The Morgan fingerprint density at radius 2 is 1.95 bits per heavy atom. The van der Waals surface area contributed by atoms with Gasteiger partial charge in [-0.3, -0.25) is 9.59 Å². The first-order chi connectivity index (χ1) is 9.70. The van der Waals surface area contributed by atoms with Crippen LogP contribution in [-0.4, -0.2) is 35.5 Å². The summed E-state index contributed by atoms with van der Waals surface area (Å²) in [6, 6.07) is 4.61. The Morgan fingerprint density at radius 3 is 2.52 bits per heavy atom. The Hall–Kier alpha value is -2.05. The minimum absolute atomic E-state index is 0.0544. The fourth-order valence-corrected chi connectivity index (χ4v) is 1.76. The predicted molar refractivity (Wildman–Crippen MR) is 69.7 cm³/mol. The van der Waals surface area contributed by atoms with Gasteiger partial charge < -0.3 is 10.0 Å². The van der Waals surface area contributed by atoms with Crippen LogP contribution in [0.5, 0.6) is 0 Å². The highest BCUT2D eigenvalue weighted by atomic mass is 19.4. The van der Waals surface area contributed by atoms with Gasteiger partial charge in [0.05, 0.1) is 12.0 Å². The summed E-state index contributed by atoms with van der Waals surface area (Å²) >= 11 is 0. The molecular weight excluding hydrogens is 287 g/mol. The van der Waals surface area contributed by atoms with Crippen LogP contribution in [0.25, 0.3) is 0 Å². The Morgan fingerprint density at radius 1 is 1.29 bits per heavy atom. The maximum Gasteiger partial charge on any atom is 0.416 e. The van der Waals surface area contributed by atoms with Crippen LogP contribution in [-0.2, 0) is 22.2 Å². The van der Waals surface area contributed by atoms with Gasteiger partial charge in [-0.1, -0.05) is 18.2 Å². The first-order valence-corrected chi connectivity index (χ1v) is 6.32. The lowest BCUT2D eigenvalue weighted by molar-refractivity contribution is -0.138. The van der Waals surface area contributed by atoms with Gasteiger partial charge >= 0.3 is 12.1 Å². The molecule has 1 amide bonds. The Labute approximate surface area is 120 Å². The molecule has 1 aromatic rings. The van der Waals surface area contributed by atoms with E-state index < -0.39 is 17.7 Å². The summed E-state index contributed by atoms with van der Waals surface area (Å²) in [5.41, 5.74) is -0.513. The maximum absolute atomic E-state index is 12.6. The molecule has 0 saturated carbocycles. The fraction of sp³-hybridized carbons (Fsp3) is 0.429. The summed E-state index contributed by atoms with van der Waals surface area (Å²) in [6.07, 6.45) is -4.33. The van der Waals surface area contributed by atoms with Crippen LogP contribution in [0.2, 0.25) is 0 Å². The average molecular weight is 303 g/mol. The van der Waals surface area contributed by atoms with Gasteiger partial charge in [-0.25, -0.2) is 0 Å². The van der Waals surface area contributed by atoms with E-state index in [2.05, 4.69) is 0 Å². The van der Waals surface area contributed by atoms with Crippen molar-refractivity contribution in [2.75, 3.05) is 13.6 Å². The number of benzene rings is 1. The molecule has 1 N–H and O–H groups in total. The number of carboxylic acid groups (broad SMARTS) is 1. The van der Waals surface area contributed by atoms with Crippen molar-refractivity contribution in [3.63, 3.8) is 0 Å². The van der Waals surface area contributed by atoms with Gasteiger partial charge in [-0.05, 0) is 18.1 Å². The molecule has 0 saturated heterocycles. The lowest BCUT2D eigenvalue weighted by Gasteiger charge is -2.17. The molecule has 0 fully saturated rings. The number of amides is 1. The molecule has 0 aliphatic rings. The monoisotopic (exact) mass is 303 g/mol. The third-order valence-electron chi connectivity index (χ3n) is 2.92. The summed E-state index contributed by atoms with van der Waals surface area (Å²) in [6.45, 7) is 0.254. The Kier molecular flexibility index (Phi) is 5.75. The molecule has 0 aliphatic heterocycles. The molecule has 0 aliphatic carbocycles. The topological polar surface area (TPSA) is 57.6 Å².